The van der Waals surface area contributed by atoms with Crippen LogP contribution in [0.3, 0.4) is 0 Å². The second-order valence-corrected chi connectivity index (χ2v) is 9.71. The van der Waals surface area contributed by atoms with Crippen LogP contribution in [0.15, 0.2) is 30.5 Å². The molecule has 1 aliphatic carbocycles. The Hall–Kier alpha value is -2.58. The smallest absolute Gasteiger partial charge is 0.419 e. The first kappa shape index (κ1) is 23.6. The number of benzene rings is 2. The van der Waals surface area contributed by atoms with Crippen LogP contribution in [0.1, 0.15) is 54.1 Å². The van der Waals surface area contributed by atoms with Crippen LogP contribution in [0.25, 0.3) is 6.08 Å². The quantitative estimate of drug-likeness (QED) is 0.524. The monoisotopic (exact) mass is 481 g/mol. The van der Waals surface area contributed by atoms with E-state index in [0.29, 0.717) is 38.7 Å². The lowest BCUT2D eigenvalue weighted by Crippen LogP contribution is -2.58. The number of aryl methyl sites for hydroxylation is 1. The molecule has 0 saturated carbocycles. The second kappa shape index (κ2) is 7.74. The van der Waals surface area contributed by atoms with E-state index >= 15 is 0 Å². The van der Waals surface area contributed by atoms with E-state index in [2.05, 4.69) is 5.32 Å². The maximum atomic E-state index is 14.5. The van der Waals surface area contributed by atoms with E-state index in [1.54, 1.807) is 51.1 Å². The molecular weight excluding hydrogens is 457 g/mol. The van der Waals surface area contributed by atoms with Gasteiger partial charge in [-0.15, -0.1) is 0 Å². The van der Waals surface area contributed by atoms with E-state index in [0.717, 1.165) is 4.76 Å². The summed E-state index contributed by atoms with van der Waals surface area (Å²) in [6.07, 6.45) is -2.63. The average molecular weight is 482 g/mol. The van der Waals surface area contributed by atoms with E-state index in [-0.39, 0.29) is 12.1 Å². The van der Waals surface area contributed by atoms with Gasteiger partial charge in [-0.25, -0.2) is 0 Å². The lowest BCUT2D eigenvalue weighted by Gasteiger charge is -2.49. The molecule has 2 atom stereocenters. The Morgan fingerprint density at radius 3 is 2.64 bits per heavy atom. The number of alkyl halides is 3. The summed E-state index contributed by atoms with van der Waals surface area (Å²) in [5.74, 6) is 0.310. The zero-order valence-electron chi connectivity index (χ0n) is 18.7. The lowest BCUT2D eigenvalue weighted by atomic mass is 9.63. The molecule has 2 aromatic rings. The number of hydrogen-bond donors (Lipinski definition) is 2. The number of nitroso groups, excluding NO2 is 1. The van der Waals surface area contributed by atoms with Gasteiger partial charge in [-0.1, -0.05) is 43.6 Å². The number of rotatable bonds is 3. The summed E-state index contributed by atoms with van der Waals surface area (Å²) in [5.41, 5.74) is -1.14. The third kappa shape index (κ3) is 3.69. The van der Waals surface area contributed by atoms with Crippen LogP contribution in [0.4, 0.5) is 18.9 Å². The minimum atomic E-state index is -4.92. The fourth-order valence-corrected chi connectivity index (χ4v) is 5.32. The third-order valence-electron chi connectivity index (χ3n) is 6.54. The number of anilines is 1. The average Bonchev–Trinajstić information content (AvgIpc) is 2.71. The molecule has 0 fully saturated rings. The highest BCUT2D eigenvalue weighted by Gasteiger charge is 2.64. The predicted molar refractivity (Wildman–Crippen MR) is 121 cm³/mol. The van der Waals surface area contributed by atoms with E-state index in [9.17, 15) is 23.2 Å². The molecule has 0 radical (unpaired) electrons. The van der Waals surface area contributed by atoms with Gasteiger partial charge in [0.15, 0.2) is 5.60 Å². The molecule has 0 aromatic heterocycles. The number of nitrogens with one attached hydrogen (secondary N) is 1. The van der Waals surface area contributed by atoms with E-state index < -0.39 is 29.7 Å². The molecular formula is C24H25ClF3N2O3+. The highest BCUT2D eigenvalue weighted by Crippen LogP contribution is 2.58. The van der Waals surface area contributed by atoms with Crippen molar-refractivity contribution in [1.29, 1.82) is 0 Å². The molecule has 0 spiro atoms. The molecule has 2 aromatic carbocycles. The number of ether oxygens (including phenoxy) is 1. The molecule has 0 bridgehead atoms. The molecule has 4 rings (SSSR count). The van der Waals surface area contributed by atoms with Crippen LogP contribution in [0.5, 0.6) is 5.75 Å². The van der Waals surface area contributed by atoms with Gasteiger partial charge in [0.25, 0.3) is 0 Å². The third-order valence-corrected chi connectivity index (χ3v) is 7.00. The summed E-state index contributed by atoms with van der Waals surface area (Å²) in [7, 11) is 1.43. The summed E-state index contributed by atoms with van der Waals surface area (Å²) in [5, 5.41) is 14.5. The maximum absolute atomic E-state index is 14.5. The van der Waals surface area contributed by atoms with Gasteiger partial charge in [0.2, 0.25) is 12.7 Å². The van der Waals surface area contributed by atoms with Crippen molar-refractivity contribution >= 4 is 23.4 Å². The highest BCUT2D eigenvalue weighted by atomic mass is 35.5. The molecule has 2 N–H and O–H groups in total. The molecule has 1 aliphatic heterocycles. The Morgan fingerprint density at radius 2 is 2.00 bits per heavy atom. The minimum absolute atomic E-state index is 0.0850. The van der Waals surface area contributed by atoms with Crippen LogP contribution in [0, 0.1) is 11.8 Å². The SMILES string of the molecule is COc1c(Cl)c(C)cc2c1C(C)(C)CC(O)(C(F)(F)F)C2Nc1cccc2c1C=C[N+](=O)C2. The normalized spacial score (nSPS) is 23.7. The van der Waals surface area contributed by atoms with Gasteiger partial charge in [0.1, 0.15) is 5.75 Å². The summed E-state index contributed by atoms with van der Waals surface area (Å²) < 4.78 is 49.7. The number of methoxy groups -OCH3 is 1. The van der Waals surface area contributed by atoms with Crippen molar-refractivity contribution in [1.82, 2.24) is 0 Å². The summed E-state index contributed by atoms with van der Waals surface area (Å²) >= 11 is 6.46. The van der Waals surface area contributed by atoms with Gasteiger partial charge in [0, 0.05) is 38.1 Å². The molecule has 2 unspecified atom stereocenters. The molecule has 1 heterocycles. The van der Waals surface area contributed by atoms with Crippen molar-refractivity contribution in [3.63, 3.8) is 0 Å². The fraction of sp³-hybridized carbons (Fsp3) is 0.417. The van der Waals surface area contributed by atoms with Gasteiger partial charge in [-0.05, 0) is 36.0 Å². The molecule has 33 heavy (non-hydrogen) atoms. The first-order valence-corrected chi connectivity index (χ1v) is 10.8. The Balaban J connectivity index is 1.97. The largest absolute Gasteiger partial charge is 0.495 e. The van der Waals surface area contributed by atoms with Crippen molar-refractivity contribution in [2.75, 3.05) is 12.4 Å². The summed E-state index contributed by atoms with van der Waals surface area (Å²) in [6.45, 7) is 5.06. The zero-order chi connectivity index (χ0) is 24.3. The number of nitrogens with zero attached hydrogens (tertiary/aromatic N) is 1. The van der Waals surface area contributed by atoms with Crippen molar-refractivity contribution < 1.29 is 27.8 Å². The van der Waals surface area contributed by atoms with Crippen LogP contribution in [0.2, 0.25) is 5.02 Å². The van der Waals surface area contributed by atoms with Gasteiger partial charge < -0.3 is 15.2 Å². The number of fused-ring (bicyclic) bond motifs is 2. The van der Waals surface area contributed by atoms with E-state index in [1.807, 2.05) is 0 Å². The Labute approximate surface area is 194 Å². The van der Waals surface area contributed by atoms with Crippen LogP contribution in [-0.4, -0.2) is 28.8 Å². The molecule has 0 saturated heterocycles. The lowest BCUT2D eigenvalue weighted by molar-refractivity contribution is -0.496. The molecule has 176 valence electrons. The van der Waals surface area contributed by atoms with Crippen LogP contribution in [-0.2, 0) is 12.0 Å². The molecule has 2 aliphatic rings. The number of halogens is 4. The molecule has 0 amide bonds. The van der Waals surface area contributed by atoms with E-state index in [4.69, 9.17) is 16.3 Å². The number of aliphatic hydroxyl groups is 1. The van der Waals surface area contributed by atoms with Crippen molar-refractivity contribution in [3.8, 4) is 5.75 Å². The maximum Gasteiger partial charge on any atom is 0.419 e. The number of hydrogen-bond acceptors (Lipinski definition) is 4. The first-order chi connectivity index (χ1) is 15.3. The topological polar surface area (TPSA) is 61.6 Å². The Morgan fingerprint density at radius 1 is 1.30 bits per heavy atom. The molecule has 5 nitrogen and oxygen atoms in total. The van der Waals surface area contributed by atoms with Crippen molar-refractivity contribution in [3.05, 3.63) is 68.2 Å². The summed E-state index contributed by atoms with van der Waals surface area (Å²) in [6, 6.07) is 5.10. The standard InChI is InChI=1S/C24H25ClF3N2O3/c1-13-10-16-18(20(33-4)19(13)25)22(2,3)12-23(31,24(26,27)28)21(16)29-17-7-5-6-14-11-30(32)9-8-15(14)17/h5-10,21,29,31H,11-12H2,1-4H3/q+1. The van der Waals surface area contributed by atoms with Crippen LogP contribution < -0.4 is 10.1 Å². The highest BCUT2D eigenvalue weighted by molar-refractivity contribution is 6.33. The van der Waals surface area contributed by atoms with E-state index in [1.165, 1.54) is 13.3 Å². The van der Waals surface area contributed by atoms with Crippen molar-refractivity contribution in [2.24, 2.45) is 0 Å². The van der Waals surface area contributed by atoms with Gasteiger partial charge in [-0.3, -0.25) is 0 Å². The zero-order valence-corrected chi connectivity index (χ0v) is 19.4. The van der Waals surface area contributed by atoms with Crippen molar-refractivity contribution in [2.45, 2.75) is 57.0 Å². The Bertz CT molecular complexity index is 1180. The predicted octanol–water partition coefficient (Wildman–Crippen LogP) is 6.05. The van der Waals surface area contributed by atoms with Gasteiger partial charge in [-0.2, -0.15) is 13.2 Å². The minimum Gasteiger partial charge on any atom is -0.495 e. The fourth-order valence-electron chi connectivity index (χ4n) is 5.10. The molecule has 9 heteroatoms. The second-order valence-electron chi connectivity index (χ2n) is 9.33. The van der Waals surface area contributed by atoms with Gasteiger partial charge >= 0.3 is 6.18 Å². The van der Waals surface area contributed by atoms with Crippen LogP contribution >= 0.6 is 11.6 Å². The summed E-state index contributed by atoms with van der Waals surface area (Å²) in [4.78, 5) is 11.7. The van der Waals surface area contributed by atoms with Gasteiger partial charge in [0.05, 0.1) is 18.2 Å². The Kier molecular flexibility index (Phi) is 5.53. The first-order valence-electron chi connectivity index (χ1n) is 10.5.